The molecule has 0 bridgehead atoms. The van der Waals surface area contributed by atoms with E-state index in [1.165, 1.54) is 17.6 Å². The van der Waals surface area contributed by atoms with Crippen molar-refractivity contribution in [1.82, 2.24) is 10.2 Å². The van der Waals surface area contributed by atoms with Crippen molar-refractivity contribution in [1.29, 1.82) is 0 Å². The highest BCUT2D eigenvalue weighted by molar-refractivity contribution is 7.80. The standard InChI is InChI=1S/C21H20N2O4S/c1-14-4-3-5-16(10-14)13-27-17-8-6-15(7-9-17)11-18-20(25)23(21(28)22-18)12-19(24)26-2/h3-11H,12-13H2,1-2H3,(H,22,28)/b18-11-. The first kappa shape index (κ1) is 19.6. The molecule has 1 fully saturated rings. The molecule has 6 nitrogen and oxygen atoms in total. The highest BCUT2D eigenvalue weighted by Crippen LogP contribution is 2.18. The maximum absolute atomic E-state index is 12.4. The van der Waals surface area contributed by atoms with E-state index in [2.05, 4.69) is 16.1 Å². The summed E-state index contributed by atoms with van der Waals surface area (Å²) >= 11 is 5.11. The van der Waals surface area contributed by atoms with Gasteiger partial charge in [0.25, 0.3) is 5.91 Å². The van der Waals surface area contributed by atoms with Crippen LogP contribution in [-0.2, 0) is 20.9 Å². The summed E-state index contributed by atoms with van der Waals surface area (Å²) in [6, 6.07) is 15.5. The van der Waals surface area contributed by atoms with E-state index >= 15 is 0 Å². The van der Waals surface area contributed by atoms with Crippen LogP contribution in [0, 0.1) is 6.92 Å². The van der Waals surface area contributed by atoms with Crippen molar-refractivity contribution in [2.45, 2.75) is 13.5 Å². The van der Waals surface area contributed by atoms with Crippen molar-refractivity contribution in [3.05, 3.63) is 70.9 Å². The Kier molecular flexibility index (Phi) is 6.06. The molecule has 1 N–H and O–H groups in total. The summed E-state index contributed by atoms with van der Waals surface area (Å²) in [6.07, 6.45) is 1.68. The van der Waals surface area contributed by atoms with E-state index in [0.717, 1.165) is 16.9 Å². The van der Waals surface area contributed by atoms with Crippen LogP contribution in [0.4, 0.5) is 0 Å². The lowest BCUT2D eigenvalue weighted by molar-refractivity contribution is -0.143. The number of nitrogens with one attached hydrogen (secondary N) is 1. The van der Waals surface area contributed by atoms with Crippen LogP contribution < -0.4 is 10.1 Å². The summed E-state index contributed by atoms with van der Waals surface area (Å²) in [5, 5.41) is 3.01. The quantitative estimate of drug-likeness (QED) is 0.460. The number of hydrogen-bond donors (Lipinski definition) is 1. The molecule has 0 unspecified atom stereocenters. The SMILES string of the molecule is COC(=O)CN1C(=O)/C(=C/c2ccc(OCc3cccc(C)c3)cc2)NC1=S. The zero-order chi connectivity index (χ0) is 20.1. The van der Waals surface area contributed by atoms with Crippen molar-refractivity contribution in [2.24, 2.45) is 0 Å². The van der Waals surface area contributed by atoms with Crippen LogP contribution in [0.1, 0.15) is 16.7 Å². The molecular weight excluding hydrogens is 376 g/mol. The van der Waals surface area contributed by atoms with Crippen LogP contribution in [-0.4, -0.2) is 35.5 Å². The van der Waals surface area contributed by atoms with Crippen LogP contribution >= 0.6 is 12.2 Å². The number of thiocarbonyl (C=S) groups is 1. The van der Waals surface area contributed by atoms with E-state index < -0.39 is 5.97 Å². The second kappa shape index (κ2) is 8.67. The van der Waals surface area contributed by atoms with Gasteiger partial charge in [-0.3, -0.25) is 14.5 Å². The van der Waals surface area contributed by atoms with E-state index in [0.29, 0.717) is 12.3 Å². The Morgan fingerprint density at radius 2 is 1.96 bits per heavy atom. The Morgan fingerprint density at radius 1 is 1.21 bits per heavy atom. The average Bonchev–Trinajstić information content (AvgIpc) is 2.94. The number of carbonyl (C=O) groups is 2. The second-order valence-corrected chi connectivity index (χ2v) is 6.69. The molecule has 2 aromatic carbocycles. The molecule has 0 aliphatic carbocycles. The predicted octanol–water partition coefficient (Wildman–Crippen LogP) is 2.80. The Morgan fingerprint density at radius 3 is 2.64 bits per heavy atom. The number of benzene rings is 2. The first-order chi connectivity index (χ1) is 13.5. The molecule has 1 heterocycles. The number of carbonyl (C=O) groups excluding carboxylic acids is 2. The van der Waals surface area contributed by atoms with Gasteiger partial charge in [-0.05, 0) is 48.5 Å². The summed E-state index contributed by atoms with van der Waals surface area (Å²) in [4.78, 5) is 25.0. The van der Waals surface area contributed by atoms with Crippen molar-refractivity contribution < 1.29 is 19.1 Å². The summed E-state index contributed by atoms with van der Waals surface area (Å²) in [6.45, 7) is 2.31. The van der Waals surface area contributed by atoms with Gasteiger partial charge in [0.05, 0.1) is 7.11 Å². The van der Waals surface area contributed by atoms with Gasteiger partial charge in [-0.2, -0.15) is 0 Å². The van der Waals surface area contributed by atoms with Gasteiger partial charge in [0, 0.05) is 0 Å². The van der Waals surface area contributed by atoms with Gasteiger partial charge in [0.2, 0.25) is 0 Å². The fourth-order valence-corrected chi connectivity index (χ4v) is 2.96. The molecule has 0 saturated carbocycles. The summed E-state index contributed by atoms with van der Waals surface area (Å²) in [5.41, 5.74) is 3.41. The highest BCUT2D eigenvalue weighted by atomic mass is 32.1. The van der Waals surface area contributed by atoms with E-state index in [1.807, 2.05) is 49.4 Å². The fourth-order valence-electron chi connectivity index (χ4n) is 2.70. The van der Waals surface area contributed by atoms with Crippen LogP contribution in [0.15, 0.2) is 54.2 Å². The normalized spacial score (nSPS) is 14.9. The van der Waals surface area contributed by atoms with Crippen molar-refractivity contribution in [3.8, 4) is 5.75 Å². The fraction of sp³-hybridized carbons (Fsp3) is 0.190. The van der Waals surface area contributed by atoms with Crippen molar-refractivity contribution in [3.63, 3.8) is 0 Å². The first-order valence-corrected chi connectivity index (χ1v) is 9.07. The van der Waals surface area contributed by atoms with Crippen molar-refractivity contribution in [2.75, 3.05) is 13.7 Å². The molecule has 1 aliphatic rings. The molecule has 0 atom stereocenters. The lowest BCUT2D eigenvalue weighted by Gasteiger charge is -2.11. The minimum absolute atomic E-state index is 0.180. The molecule has 7 heteroatoms. The molecule has 28 heavy (non-hydrogen) atoms. The third kappa shape index (κ3) is 4.75. The summed E-state index contributed by atoms with van der Waals surface area (Å²) < 4.78 is 10.4. The van der Waals surface area contributed by atoms with Crippen LogP contribution in [0.2, 0.25) is 0 Å². The molecule has 0 spiro atoms. The molecule has 144 valence electrons. The molecule has 2 aromatic rings. The van der Waals surface area contributed by atoms with Crippen LogP contribution in [0.25, 0.3) is 6.08 Å². The van der Waals surface area contributed by atoms with Gasteiger partial charge >= 0.3 is 5.97 Å². The van der Waals surface area contributed by atoms with E-state index in [-0.39, 0.29) is 17.6 Å². The van der Waals surface area contributed by atoms with Gasteiger partial charge in [-0.1, -0.05) is 42.0 Å². The first-order valence-electron chi connectivity index (χ1n) is 8.66. The molecule has 0 aromatic heterocycles. The minimum Gasteiger partial charge on any atom is -0.489 e. The molecule has 1 aliphatic heterocycles. The minimum atomic E-state index is -0.533. The van der Waals surface area contributed by atoms with Gasteiger partial charge in [0.1, 0.15) is 24.6 Å². The number of rotatable bonds is 6. The average molecular weight is 396 g/mol. The maximum atomic E-state index is 12.4. The van der Waals surface area contributed by atoms with Gasteiger partial charge < -0.3 is 14.8 Å². The van der Waals surface area contributed by atoms with E-state index in [9.17, 15) is 9.59 Å². The molecule has 1 saturated heterocycles. The molecular formula is C21H20N2O4S. The van der Waals surface area contributed by atoms with E-state index in [1.54, 1.807) is 6.08 Å². The lowest BCUT2D eigenvalue weighted by atomic mass is 10.1. The largest absolute Gasteiger partial charge is 0.489 e. The monoisotopic (exact) mass is 396 g/mol. The molecule has 1 amide bonds. The third-order valence-electron chi connectivity index (χ3n) is 4.16. The van der Waals surface area contributed by atoms with Crippen LogP contribution in [0.5, 0.6) is 5.75 Å². The number of hydrogen-bond acceptors (Lipinski definition) is 5. The second-order valence-electron chi connectivity index (χ2n) is 6.30. The van der Waals surface area contributed by atoms with Gasteiger partial charge in [0.15, 0.2) is 5.11 Å². The molecule has 0 radical (unpaired) electrons. The van der Waals surface area contributed by atoms with E-state index in [4.69, 9.17) is 17.0 Å². The summed E-state index contributed by atoms with van der Waals surface area (Å²) in [7, 11) is 1.26. The zero-order valence-electron chi connectivity index (χ0n) is 15.6. The highest BCUT2D eigenvalue weighted by Gasteiger charge is 2.32. The number of nitrogens with zero attached hydrogens (tertiary/aromatic N) is 1. The Hall–Kier alpha value is -3.19. The number of ether oxygens (including phenoxy) is 2. The number of aryl methyl sites for hydroxylation is 1. The Balaban J connectivity index is 1.64. The number of esters is 1. The maximum Gasteiger partial charge on any atom is 0.325 e. The topological polar surface area (TPSA) is 67.9 Å². The Bertz CT molecular complexity index is 938. The zero-order valence-corrected chi connectivity index (χ0v) is 16.4. The Labute approximate surface area is 168 Å². The summed E-state index contributed by atoms with van der Waals surface area (Å²) in [5.74, 6) is -0.166. The lowest BCUT2D eigenvalue weighted by Crippen LogP contribution is -2.35. The number of methoxy groups -OCH3 is 1. The smallest absolute Gasteiger partial charge is 0.325 e. The van der Waals surface area contributed by atoms with Crippen molar-refractivity contribution >= 4 is 35.3 Å². The van der Waals surface area contributed by atoms with Gasteiger partial charge in [-0.25, -0.2) is 0 Å². The molecule has 3 rings (SSSR count). The number of amides is 1. The predicted molar refractivity (Wildman–Crippen MR) is 109 cm³/mol. The third-order valence-corrected chi connectivity index (χ3v) is 4.48. The van der Waals surface area contributed by atoms with Gasteiger partial charge in [-0.15, -0.1) is 0 Å². The van der Waals surface area contributed by atoms with Crippen LogP contribution in [0.3, 0.4) is 0 Å².